The number of nitrogens with one attached hydrogen (secondary N) is 1. The van der Waals surface area contributed by atoms with E-state index in [-0.39, 0.29) is 11.8 Å². The van der Waals surface area contributed by atoms with Crippen molar-refractivity contribution < 1.29 is 4.79 Å². The Balaban J connectivity index is 1.60. The predicted octanol–water partition coefficient (Wildman–Crippen LogP) is 3.19. The molecule has 1 saturated heterocycles. The van der Waals surface area contributed by atoms with Gasteiger partial charge in [0, 0.05) is 48.9 Å². The van der Waals surface area contributed by atoms with E-state index in [9.17, 15) is 4.79 Å². The average molecular weight is 347 g/mol. The summed E-state index contributed by atoms with van der Waals surface area (Å²) in [4.78, 5) is 31.5. The summed E-state index contributed by atoms with van der Waals surface area (Å²) in [6.07, 6.45) is 7.14. The van der Waals surface area contributed by atoms with Crippen molar-refractivity contribution in [1.82, 2.24) is 24.8 Å². The molecule has 6 nitrogen and oxygen atoms in total. The van der Waals surface area contributed by atoms with Gasteiger partial charge in [-0.25, -0.2) is 9.97 Å². The van der Waals surface area contributed by atoms with Gasteiger partial charge in [0.2, 0.25) is 0 Å². The molecule has 1 amide bonds. The summed E-state index contributed by atoms with van der Waals surface area (Å²) in [7, 11) is 0. The van der Waals surface area contributed by atoms with Gasteiger partial charge in [0.25, 0.3) is 5.91 Å². The highest BCUT2D eigenvalue weighted by Gasteiger charge is 2.28. The van der Waals surface area contributed by atoms with E-state index in [1.54, 1.807) is 18.6 Å². The molecule has 0 radical (unpaired) electrons. The van der Waals surface area contributed by atoms with Crippen molar-refractivity contribution in [3.05, 3.63) is 65.9 Å². The first kappa shape index (κ1) is 16.4. The Morgan fingerprint density at radius 2 is 1.96 bits per heavy atom. The highest BCUT2D eigenvalue weighted by Crippen LogP contribution is 2.31. The molecule has 2 aromatic heterocycles. The standard InChI is InChI=1S/C20H21N5O/c1-14-12-23-19(24-14)18-17(21-9-10-22-18)16-8-5-11-25(13-16)20(26)15-6-3-2-4-7-15/h2-4,6-7,9-10,12,16H,5,8,11,13H2,1H3,(H,23,24)/t16-/m0/s1. The lowest BCUT2D eigenvalue weighted by Crippen LogP contribution is -2.39. The lowest BCUT2D eigenvalue weighted by molar-refractivity contribution is 0.0706. The molecule has 0 unspecified atom stereocenters. The maximum atomic E-state index is 12.8. The molecule has 132 valence electrons. The smallest absolute Gasteiger partial charge is 0.253 e. The van der Waals surface area contributed by atoms with Gasteiger partial charge >= 0.3 is 0 Å². The molecule has 1 aromatic carbocycles. The number of rotatable bonds is 3. The molecule has 0 bridgehead atoms. The van der Waals surface area contributed by atoms with E-state index >= 15 is 0 Å². The van der Waals surface area contributed by atoms with Crippen LogP contribution in [0.5, 0.6) is 0 Å². The monoisotopic (exact) mass is 347 g/mol. The van der Waals surface area contributed by atoms with Gasteiger partial charge in [-0.05, 0) is 31.9 Å². The van der Waals surface area contributed by atoms with E-state index in [1.165, 1.54) is 0 Å². The van der Waals surface area contributed by atoms with Crippen molar-refractivity contribution in [1.29, 1.82) is 0 Å². The number of nitrogens with zero attached hydrogens (tertiary/aromatic N) is 4. The van der Waals surface area contributed by atoms with Crippen molar-refractivity contribution in [2.24, 2.45) is 0 Å². The number of benzene rings is 1. The Morgan fingerprint density at radius 1 is 1.15 bits per heavy atom. The van der Waals surface area contributed by atoms with Crippen LogP contribution in [0.3, 0.4) is 0 Å². The lowest BCUT2D eigenvalue weighted by Gasteiger charge is -2.33. The van der Waals surface area contributed by atoms with Crippen LogP contribution in [0.25, 0.3) is 11.5 Å². The van der Waals surface area contributed by atoms with Crippen LogP contribution in [0.15, 0.2) is 48.9 Å². The number of carbonyl (C=O) groups excluding carboxylic acids is 1. The Morgan fingerprint density at radius 3 is 2.73 bits per heavy atom. The molecule has 6 heteroatoms. The van der Waals surface area contributed by atoms with Crippen molar-refractivity contribution in [2.75, 3.05) is 13.1 Å². The van der Waals surface area contributed by atoms with Crippen LogP contribution in [0.2, 0.25) is 0 Å². The quantitative estimate of drug-likeness (QED) is 0.789. The number of carbonyl (C=O) groups is 1. The van der Waals surface area contributed by atoms with Crippen molar-refractivity contribution in [3.8, 4) is 11.5 Å². The first-order valence-electron chi connectivity index (χ1n) is 8.89. The first-order chi connectivity index (χ1) is 12.7. The summed E-state index contributed by atoms with van der Waals surface area (Å²) in [6.45, 7) is 3.40. The maximum Gasteiger partial charge on any atom is 0.253 e. The number of imidazole rings is 1. The highest BCUT2D eigenvalue weighted by atomic mass is 16.2. The van der Waals surface area contributed by atoms with E-state index in [1.807, 2.05) is 42.2 Å². The Bertz CT molecular complexity index is 905. The summed E-state index contributed by atoms with van der Waals surface area (Å²) in [6, 6.07) is 9.45. The zero-order valence-corrected chi connectivity index (χ0v) is 14.7. The minimum Gasteiger partial charge on any atom is -0.341 e. The summed E-state index contributed by atoms with van der Waals surface area (Å²) in [5.74, 6) is 0.970. The molecule has 0 saturated carbocycles. The summed E-state index contributed by atoms with van der Waals surface area (Å²) in [5, 5.41) is 0. The van der Waals surface area contributed by atoms with Crippen LogP contribution in [-0.2, 0) is 0 Å². The largest absolute Gasteiger partial charge is 0.341 e. The van der Waals surface area contributed by atoms with Crippen LogP contribution in [0.1, 0.15) is 40.5 Å². The molecular weight excluding hydrogens is 326 g/mol. The van der Waals surface area contributed by atoms with Gasteiger partial charge in [-0.2, -0.15) is 0 Å². The third kappa shape index (κ3) is 3.22. The number of likely N-dealkylation sites (tertiary alicyclic amines) is 1. The van der Waals surface area contributed by atoms with E-state index in [0.29, 0.717) is 6.54 Å². The first-order valence-corrected chi connectivity index (χ1v) is 8.89. The number of H-pyrrole nitrogens is 1. The van der Waals surface area contributed by atoms with E-state index in [4.69, 9.17) is 0 Å². The molecule has 3 aromatic rings. The molecule has 4 rings (SSSR count). The zero-order valence-electron chi connectivity index (χ0n) is 14.7. The van der Waals surface area contributed by atoms with Gasteiger partial charge in [-0.1, -0.05) is 18.2 Å². The number of aryl methyl sites for hydroxylation is 1. The summed E-state index contributed by atoms with van der Waals surface area (Å²) < 4.78 is 0. The SMILES string of the molecule is Cc1cnc(-c2nccnc2[C@H]2CCCN(C(=O)c3ccccc3)C2)[nH]1. The van der Waals surface area contributed by atoms with Gasteiger partial charge < -0.3 is 9.88 Å². The van der Waals surface area contributed by atoms with Crippen molar-refractivity contribution in [2.45, 2.75) is 25.7 Å². The van der Waals surface area contributed by atoms with Gasteiger partial charge in [-0.3, -0.25) is 9.78 Å². The predicted molar refractivity (Wildman–Crippen MR) is 98.7 cm³/mol. The summed E-state index contributed by atoms with van der Waals surface area (Å²) in [5.41, 5.74) is 3.40. The van der Waals surface area contributed by atoms with E-state index in [2.05, 4.69) is 19.9 Å². The molecule has 1 aliphatic heterocycles. The molecule has 1 N–H and O–H groups in total. The number of aromatic nitrogens is 4. The molecule has 3 heterocycles. The van der Waals surface area contributed by atoms with Gasteiger partial charge in [-0.15, -0.1) is 0 Å². The third-order valence-electron chi connectivity index (χ3n) is 4.77. The third-order valence-corrected chi connectivity index (χ3v) is 4.77. The second-order valence-electron chi connectivity index (χ2n) is 6.66. The average Bonchev–Trinajstić information content (AvgIpc) is 3.14. The fourth-order valence-corrected chi connectivity index (χ4v) is 3.51. The van der Waals surface area contributed by atoms with Crippen LogP contribution >= 0.6 is 0 Å². The fraction of sp³-hybridized carbons (Fsp3) is 0.300. The second-order valence-corrected chi connectivity index (χ2v) is 6.66. The van der Waals surface area contributed by atoms with Gasteiger partial charge in [0.15, 0.2) is 5.82 Å². The number of aromatic amines is 1. The zero-order chi connectivity index (χ0) is 17.9. The molecule has 26 heavy (non-hydrogen) atoms. The number of amides is 1. The Kier molecular flexibility index (Phi) is 4.48. The summed E-state index contributed by atoms with van der Waals surface area (Å²) >= 11 is 0. The van der Waals surface area contributed by atoms with Crippen molar-refractivity contribution in [3.63, 3.8) is 0 Å². The van der Waals surface area contributed by atoms with E-state index < -0.39 is 0 Å². The molecule has 0 spiro atoms. The second kappa shape index (κ2) is 7.07. The molecule has 1 aliphatic rings. The maximum absolute atomic E-state index is 12.8. The minimum atomic E-state index is 0.0783. The van der Waals surface area contributed by atoms with Crippen LogP contribution in [0.4, 0.5) is 0 Å². The number of piperidine rings is 1. The van der Waals surface area contributed by atoms with Gasteiger partial charge in [0.05, 0.1) is 5.69 Å². The number of hydrogen-bond donors (Lipinski definition) is 1. The Labute approximate surface area is 152 Å². The fourth-order valence-electron chi connectivity index (χ4n) is 3.51. The van der Waals surface area contributed by atoms with Crippen LogP contribution in [-0.4, -0.2) is 43.8 Å². The van der Waals surface area contributed by atoms with Gasteiger partial charge in [0.1, 0.15) is 5.69 Å². The Hall–Kier alpha value is -3.02. The molecular formula is C20H21N5O. The van der Waals surface area contributed by atoms with Crippen molar-refractivity contribution >= 4 is 5.91 Å². The lowest BCUT2D eigenvalue weighted by atomic mass is 9.92. The number of hydrogen-bond acceptors (Lipinski definition) is 4. The molecule has 1 atom stereocenters. The van der Waals surface area contributed by atoms with Crippen LogP contribution in [0, 0.1) is 6.92 Å². The van der Waals surface area contributed by atoms with Crippen LogP contribution < -0.4 is 0 Å². The minimum absolute atomic E-state index is 0.0783. The topological polar surface area (TPSA) is 74.8 Å². The van der Waals surface area contributed by atoms with E-state index in [0.717, 1.165) is 47.9 Å². The highest BCUT2D eigenvalue weighted by molar-refractivity contribution is 5.94. The normalized spacial score (nSPS) is 17.3. The molecule has 0 aliphatic carbocycles. The molecule has 1 fully saturated rings.